The molecule has 1 N–H and O–H groups in total. The molecule has 19 heavy (non-hydrogen) atoms. The minimum Gasteiger partial charge on any atom is -0.503 e. The number of halogens is 4. The van der Waals surface area contributed by atoms with Gasteiger partial charge in [0.1, 0.15) is 6.67 Å². The molecule has 1 aromatic heterocycles. The van der Waals surface area contributed by atoms with Crippen LogP contribution in [0.5, 0.6) is 11.6 Å². The van der Waals surface area contributed by atoms with Gasteiger partial charge in [0.15, 0.2) is 11.4 Å². The monoisotopic (exact) mass is 283 g/mol. The van der Waals surface area contributed by atoms with Gasteiger partial charge in [-0.1, -0.05) is 0 Å². The largest absolute Gasteiger partial charge is 0.574 e. The lowest BCUT2D eigenvalue weighted by Gasteiger charge is -2.12. The quantitative estimate of drug-likeness (QED) is 0.678. The van der Waals surface area contributed by atoms with Gasteiger partial charge in [0.25, 0.3) is 5.88 Å². The molecule has 0 aliphatic carbocycles. The van der Waals surface area contributed by atoms with Crippen molar-refractivity contribution in [2.45, 2.75) is 20.0 Å². The predicted molar refractivity (Wildman–Crippen MR) is 53.4 cm³/mol. The Morgan fingerprint density at radius 1 is 1.47 bits per heavy atom. The van der Waals surface area contributed by atoms with Gasteiger partial charge >= 0.3 is 12.3 Å². The van der Waals surface area contributed by atoms with E-state index >= 15 is 0 Å². The molecule has 0 saturated carbocycles. The molecule has 0 unspecified atom stereocenters. The normalized spacial score (nSPS) is 11.2. The van der Waals surface area contributed by atoms with Crippen molar-refractivity contribution in [3.05, 3.63) is 17.3 Å². The first-order valence-corrected chi connectivity index (χ1v) is 5.00. The summed E-state index contributed by atoms with van der Waals surface area (Å²) in [5.74, 6) is -3.47. The number of rotatable bonds is 4. The first-order chi connectivity index (χ1) is 8.78. The van der Waals surface area contributed by atoms with E-state index in [9.17, 15) is 27.5 Å². The molecule has 1 rings (SSSR count). The first-order valence-electron chi connectivity index (χ1n) is 5.00. The van der Waals surface area contributed by atoms with E-state index in [0.29, 0.717) is 0 Å². The number of alkyl halides is 4. The summed E-state index contributed by atoms with van der Waals surface area (Å²) >= 11 is 0. The zero-order valence-corrected chi connectivity index (χ0v) is 9.62. The predicted octanol–water partition coefficient (Wildman–Crippen LogP) is 2.33. The second-order valence-electron chi connectivity index (χ2n) is 3.22. The molecule has 1 heterocycles. The number of aromatic nitrogens is 1. The van der Waals surface area contributed by atoms with Crippen LogP contribution in [-0.4, -0.2) is 29.0 Å². The lowest BCUT2D eigenvalue weighted by molar-refractivity contribution is -0.276. The van der Waals surface area contributed by atoms with E-state index in [1.807, 2.05) is 0 Å². The molecule has 0 aliphatic heterocycles. The minimum absolute atomic E-state index is 0.0399. The fourth-order valence-corrected chi connectivity index (χ4v) is 1.16. The Morgan fingerprint density at radius 3 is 2.58 bits per heavy atom. The maximum Gasteiger partial charge on any atom is 0.574 e. The average Bonchev–Trinajstić information content (AvgIpc) is 2.30. The number of pyridine rings is 1. The van der Waals surface area contributed by atoms with Crippen LogP contribution >= 0.6 is 0 Å². The minimum atomic E-state index is -5.13. The van der Waals surface area contributed by atoms with Crippen LogP contribution < -0.4 is 4.74 Å². The summed E-state index contributed by atoms with van der Waals surface area (Å²) < 4.78 is 56.6. The van der Waals surface area contributed by atoms with E-state index in [1.165, 1.54) is 6.92 Å². The summed E-state index contributed by atoms with van der Waals surface area (Å²) in [4.78, 5) is 14.5. The third-order valence-electron chi connectivity index (χ3n) is 1.88. The molecule has 0 radical (unpaired) electrons. The summed E-state index contributed by atoms with van der Waals surface area (Å²) in [6, 6.07) is 0.788. The second-order valence-corrected chi connectivity index (χ2v) is 3.22. The Labute approximate surface area is 104 Å². The maximum absolute atomic E-state index is 12.6. The first kappa shape index (κ1) is 15.0. The molecule has 0 spiro atoms. The van der Waals surface area contributed by atoms with E-state index in [4.69, 9.17) is 0 Å². The lowest BCUT2D eigenvalue weighted by Crippen LogP contribution is -2.19. The van der Waals surface area contributed by atoms with Crippen molar-refractivity contribution in [1.29, 1.82) is 0 Å². The van der Waals surface area contributed by atoms with Crippen LogP contribution in [-0.2, 0) is 11.4 Å². The SMILES string of the molecule is CCOC(=O)c1cc(CF)c(O)c(OC(F)(F)F)n1. The van der Waals surface area contributed by atoms with Gasteiger partial charge in [0.2, 0.25) is 0 Å². The molecule has 1 aromatic rings. The Kier molecular flexibility index (Phi) is 4.52. The molecular formula is C10H9F4NO4. The molecule has 0 aromatic carbocycles. The highest BCUT2D eigenvalue weighted by atomic mass is 19.4. The fraction of sp³-hybridized carbons (Fsp3) is 0.400. The van der Waals surface area contributed by atoms with E-state index < -0.39 is 41.9 Å². The van der Waals surface area contributed by atoms with E-state index in [1.54, 1.807) is 0 Å². The summed E-state index contributed by atoms with van der Waals surface area (Å²) in [6.45, 7) is 0.137. The second kappa shape index (κ2) is 5.72. The number of ether oxygens (including phenoxy) is 2. The van der Waals surface area contributed by atoms with Gasteiger partial charge in [0, 0.05) is 5.56 Å². The Balaban J connectivity index is 3.22. The van der Waals surface area contributed by atoms with Gasteiger partial charge in [-0.05, 0) is 13.0 Å². The van der Waals surface area contributed by atoms with Crippen LogP contribution in [0.2, 0.25) is 0 Å². The third-order valence-corrected chi connectivity index (χ3v) is 1.88. The zero-order chi connectivity index (χ0) is 14.6. The van der Waals surface area contributed by atoms with Crippen LogP contribution in [0.25, 0.3) is 0 Å². The van der Waals surface area contributed by atoms with Gasteiger partial charge in [-0.25, -0.2) is 14.2 Å². The van der Waals surface area contributed by atoms with Gasteiger partial charge < -0.3 is 14.6 Å². The molecule has 0 atom stereocenters. The number of nitrogens with zero attached hydrogens (tertiary/aromatic N) is 1. The Hall–Kier alpha value is -2.06. The van der Waals surface area contributed by atoms with Crippen molar-refractivity contribution in [3.63, 3.8) is 0 Å². The van der Waals surface area contributed by atoms with Crippen molar-refractivity contribution in [2.75, 3.05) is 6.61 Å². The molecule has 5 nitrogen and oxygen atoms in total. The molecular weight excluding hydrogens is 274 g/mol. The van der Waals surface area contributed by atoms with Crippen LogP contribution in [0.15, 0.2) is 6.07 Å². The summed E-state index contributed by atoms with van der Waals surface area (Å²) in [7, 11) is 0. The fourth-order valence-electron chi connectivity index (χ4n) is 1.16. The number of carbonyl (C=O) groups excluding carboxylic acids is 1. The molecule has 9 heteroatoms. The maximum atomic E-state index is 12.6. The van der Waals surface area contributed by atoms with E-state index in [0.717, 1.165) is 6.07 Å². The molecule has 0 fully saturated rings. The van der Waals surface area contributed by atoms with Crippen molar-refractivity contribution < 1.29 is 36.9 Å². The highest BCUT2D eigenvalue weighted by Crippen LogP contribution is 2.33. The molecule has 0 bridgehead atoms. The van der Waals surface area contributed by atoms with Crippen molar-refractivity contribution in [1.82, 2.24) is 4.98 Å². The lowest BCUT2D eigenvalue weighted by atomic mass is 10.2. The van der Waals surface area contributed by atoms with Crippen molar-refractivity contribution >= 4 is 5.97 Å². The average molecular weight is 283 g/mol. The van der Waals surface area contributed by atoms with E-state index in [2.05, 4.69) is 14.5 Å². The van der Waals surface area contributed by atoms with Crippen LogP contribution in [0.4, 0.5) is 17.6 Å². The van der Waals surface area contributed by atoms with Gasteiger partial charge in [-0.15, -0.1) is 13.2 Å². The highest BCUT2D eigenvalue weighted by molar-refractivity contribution is 5.88. The van der Waals surface area contributed by atoms with E-state index in [-0.39, 0.29) is 6.61 Å². The van der Waals surface area contributed by atoms with Gasteiger partial charge in [0.05, 0.1) is 6.61 Å². The smallest absolute Gasteiger partial charge is 0.503 e. The summed E-state index contributed by atoms with van der Waals surface area (Å²) in [5.41, 5.74) is -1.15. The van der Waals surface area contributed by atoms with Crippen molar-refractivity contribution in [2.24, 2.45) is 0 Å². The molecule has 0 saturated heterocycles. The van der Waals surface area contributed by atoms with Crippen LogP contribution in [0.3, 0.4) is 0 Å². The third kappa shape index (κ3) is 3.97. The van der Waals surface area contributed by atoms with Crippen LogP contribution in [0, 0.1) is 0 Å². The van der Waals surface area contributed by atoms with Crippen LogP contribution in [0.1, 0.15) is 23.0 Å². The highest BCUT2D eigenvalue weighted by Gasteiger charge is 2.34. The summed E-state index contributed by atoms with van der Waals surface area (Å²) in [5, 5.41) is 9.31. The van der Waals surface area contributed by atoms with Crippen molar-refractivity contribution in [3.8, 4) is 11.6 Å². The number of hydrogen-bond donors (Lipinski definition) is 1. The summed E-state index contributed by atoms with van der Waals surface area (Å²) in [6.07, 6.45) is -5.13. The molecule has 0 aliphatic rings. The molecule has 106 valence electrons. The number of hydrogen-bond acceptors (Lipinski definition) is 5. The number of carbonyl (C=O) groups is 1. The number of esters is 1. The van der Waals surface area contributed by atoms with Gasteiger partial charge in [-0.2, -0.15) is 0 Å². The zero-order valence-electron chi connectivity index (χ0n) is 9.62. The Bertz CT molecular complexity index is 475. The standard InChI is InChI=1S/C10H9F4NO4/c1-2-18-9(17)6-3-5(4-11)7(16)8(15-6)19-10(12,13)14/h3,16H,2,4H2,1H3. The topological polar surface area (TPSA) is 68.7 Å². The number of aromatic hydroxyl groups is 1. The van der Waals surface area contributed by atoms with Gasteiger partial charge in [-0.3, -0.25) is 0 Å². The molecule has 0 amide bonds. The Morgan fingerprint density at radius 2 is 2.11 bits per heavy atom.